The lowest BCUT2D eigenvalue weighted by molar-refractivity contribution is 0.206. The van der Waals surface area contributed by atoms with Crippen LogP contribution < -0.4 is 0 Å². The predicted octanol–water partition coefficient (Wildman–Crippen LogP) is 3.68. The number of hydrogen-bond donors (Lipinski definition) is 0. The van der Waals surface area contributed by atoms with Gasteiger partial charge in [-0.3, -0.25) is 4.21 Å². The maximum atomic E-state index is 12.6. The van der Waals surface area contributed by atoms with Gasteiger partial charge in [0, 0.05) is 5.56 Å². The molecule has 0 amide bonds. The van der Waals surface area contributed by atoms with Crippen molar-refractivity contribution in [3.05, 3.63) is 71.8 Å². The quantitative estimate of drug-likeness (QED) is 0.841. The first-order valence-electron chi connectivity index (χ1n) is 6.66. The molecule has 2 nitrogen and oxygen atoms in total. The van der Waals surface area contributed by atoms with Crippen molar-refractivity contribution < 1.29 is 8.95 Å². The molecular weight excluding hydrogens is 268 g/mol. The van der Waals surface area contributed by atoms with Gasteiger partial charge in [-0.2, -0.15) is 0 Å². The molecular formula is C17H16O2S. The van der Waals surface area contributed by atoms with E-state index >= 15 is 0 Å². The van der Waals surface area contributed by atoms with Gasteiger partial charge >= 0.3 is 0 Å². The molecule has 2 aromatic carbocycles. The van der Waals surface area contributed by atoms with E-state index in [2.05, 4.69) is 0 Å². The van der Waals surface area contributed by atoms with Crippen molar-refractivity contribution in [1.29, 1.82) is 0 Å². The molecule has 1 aliphatic rings. The molecule has 0 spiro atoms. The molecule has 2 unspecified atom stereocenters. The lowest BCUT2D eigenvalue weighted by Gasteiger charge is -2.26. The van der Waals surface area contributed by atoms with Crippen molar-refractivity contribution in [2.24, 2.45) is 0 Å². The van der Waals surface area contributed by atoms with Crippen LogP contribution in [0, 0.1) is 0 Å². The zero-order chi connectivity index (χ0) is 13.9. The minimum Gasteiger partial charge on any atom is -0.488 e. The van der Waals surface area contributed by atoms with Gasteiger partial charge in [0.1, 0.15) is 11.9 Å². The van der Waals surface area contributed by atoms with E-state index in [1.165, 1.54) is 0 Å². The molecule has 2 atom stereocenters. The van der Waals surface area contributed by atoms with Crippen LogP contribution in [-0.2, 0) is 15.5 Å². The number of hydrogen-bond acceptors (Lipinski definition) is 2. The zero-order valence-corrected chi connectivity index (χ0v) is 12.1. The molecule has 2 aromatic rings. The second-order valence-corrected chi connectivity index (χ2v) is 6.26. The van der Waals surface area contributed by atoms with Crippen molar-refractivity contribution >= 4 is 21.5 Å². The highest BCUT2D eigenvalue weighted by Crippen LogP contribution is 2.34. The molecule has 3 heteroatoms. The maximum Gasteiger partial charge on any atom is 0.143 e. The standard InChI is InChI=1S/C17H16O2S/c1-13-12-20(18)17(15-10-6-3-7-11-15)16(19-13)14-8-4-2-5-9-14/h2-11,13H,12H2,1H3. The molecule has 0 saturated heterocycles. The molecule has 3 rings (SSSR count). The van der Waals surface area contributed by atoms with E-state index in [0.29, 0.717) is 5.75 Å². The van der Waals surface area contributed by atoms with Gasteiger partial charge in [0.05, 0.1) is 21.5 Å². The van der Waals surface area contributed by atoms with Crippen LogP contribution in [0.4, 0.5) is 0 Å². The van der Waals surface area contributed by atoms with Gasteiger partial charge in [0.25, 0.3) is 0 Å². The first kappa shape index (κ1) is 13.1. The van der Waals surface area contributed by atoms with Gasteiger partial charge in [0.15, 0.2) is 0 Å². The summed E-state index contributed by atoms with van der Waals surface area (Å²) < 4.78 is 18.6. The van der Waals surface area contributed by atoms with Crippen molar-refractivity contribution in [3.8, 4) is 0 Å². The van der Waals surface area contributed by atoms with Crippen molar-refractivity contribution in [3.63, 3.8) is 0 Å². The normalized spacial score (nSPS) is 22.4. The average Bonchev–Trinajstić information content (AvgIpc) is 2.48. The van der Waals surface area contributed by atoms with E-state index in [1.807, 2.05) is 67.6 Å². The van der Waals surface area contributed by atoms with Gasteiger partial charge < -0.3 is 4.74 Å². The molecule has 20 heavy (non-hydrogen) atoms. The Morgan fingerprint density at radius 2 is 1.50 bits per heavy atom. The fourth-order valence-electron chi connectivity index (χ4n) is 2.33. The summed E-state index contributed by atoms with van der Waals surface area (Å²) in [7, 11) is -1.03. The Bertz CT molecular complexity index is 647. The summed E-state index contributed by atoms with van der Waals surface area (Å²) in [6, 6.07) is 19.7. The summed E-state index contributed by atoms with van der Waals surface area (Å²) in [5.41, 5.74) is 1.95. The monoisotopic (exact) mass is 284 g/mol. The lowest BCUT2D eigenvalue weighted by Crippen LogP contribution is -2.23. The predicted molar refractivity (Wildman–Crippen MR) is 83.3 cm³/mol. The smallest absolute Gasteiger partial charge is 0.143 e. The third-order valence-corrected chi connectivity index (χ3v) is 4.86. The van der Waals surface area contributed by atoms with Crippen LogP contribution >= 0.6 is 0 Å². The molecule has 0 bridgehead atoms. The highest BCUT2D eigenvalue weighted by atomic mass is 32.2. The van der Waals surface area contributed by atoms with Gasteiger partial charge in [-0.1, -0.05) is 60.7 Å². The van der Waals surface area contributed by atoms with Crippen LogP contribution in [0.15, 0.2) is 60.7 Å². The van der Waals surface area contributed by atoms with E-state index in [4.69, 9.17) is 4.74 Å². The Hall–Kier alpha value is -1.87. The van der Waals surface area contributed by atoms with E-state index in [9.17, 15) is 4.21 Å². The molecule has 0 fully saturated rings. The van der Waals surface area contributed by atoms with E-state index in [0.717, 1.165) is 21.8 Å². The minimum absolute atomic E-state index is 0.0292. The number of ether oxygens (including phenoxy) is 1. The third kappa shape index (κ3) is 2.54. The number of rotatable bonds is 2. The largest absolute Gasteiger partial charge is 0.488 e. The SMILES string of the molecule is CC1CS(=O)C(c2ccccc2)=C(c2ccccc2)O1. The maximum absolute atomic E-state index is 12.6. The van der Waals surface area contributed by atoms with Crippen LogP contribution in [0.2, 0.25) is 0 Å². The van der Waals surface area contributed by atoms with Crippen molar-refractivity contribution in [2.75, 3.05) is 5.75 Å². The Morgan fingerprint density at radius 1 is 0.950 bits per heavy atom. The first-order valence-corrected chi connectivity index (χ1v) is 7.98. The fourth-order valence-corrected chi connectivity index (χ4v) is 3.76. The molecule has 102 valence electrons. The average molecular weight is 284 g/mol. The highest BCUT2D eigenvalue weighted by molar-refractivity contribution is 7.95. The molecule has 0 aliphatic carbocycles. The second-order valence-electron chi connectivity index (χ2n) is 4.83. The van der Waals surface area contributed by atoms with E-state index in [-0.39, 0.29) is 6.10 Å². The van der Waals surface area contributed by atoms with Crippen molar-refractivity contribution in [1.82, 2.24) is 0 Å². The zero-order valence-electron chi connectivity index (χ0n) is 11.3. The van der Waals surface area contributed by atoms with Gasteiger partial charge in [0.2, 0.25) is 0 Å². The third-order valence-electron chi connectivity index (χ3n) is 3.21. The van der Waals surface area contributed by atoms with Gasteiger partial charge in [-0.25, -0.2) is 0 Å². The molecule has 0 N–H and O–H groups in total. The van der Waals surface area contributed by atoms with Crippen LogP contribution in [0.5, 0.6) is 0 Å². The van der Waals surface area contributed by atoms with Gasteiger partial charge in [-0.05, 0) is 12.5 Å². The van der Waals surface area contributed by atoms with Crippen molar-refractivity contribution in [2.45, 2.75) is 13.0 Å². The topological polar surface area (TPSA) is 26.3 Å². The van der Waals surface area contributed by atoms with E-state index in [1.54, 1.807) is 0 Å². The first-order chi connectivity index (χ1) is 9.75. The van der Waals surface area contributed by atoms with Crippen LogP contribution in [0.1, 0.15) is 18.1 Å². The van der Waals surface area contributed by atoms with E-state index < -0.39 is 10.8 Å². The highest BCUT2D eigenvalue weighted by Gasteiger charge is 2.27. The summed E-state index contributed by atoms with van der Waals surface area (Å²) in [6.07, 6.45) is -0.0292. The summed E-state index contributed by atoms with van der Waals surface area (Å²) in [6.45, 7) is 1.96. The Balaban J connectivity index is 2.19. The molecule has 0 saturated carbocycles. The lowest BCUT2D eigenvalue weighted by atomic mass is 10.1. The summed E-state index contributed by atoms with van der Waals surface area (Å²) in [5, 5.41) is 0. The van der Waals surface area contributed by atoms with Crippen LogP contribution in [0.25, 0.3) is 10.7 Å². The molecule has 0 radical (unpaired) electrons. The summed E-state index contributed by atoms with van der Waals surface area (Å²) in [4.78, 5) is 0.801. The Morgan fingerprint density at radius 3 is 2.10 bits per heavy atom. The number of benzene rings is 2. The summed E-state index contributed by atoms with van der Waals surface area (Å²) in [5.74, 6) is 1.29. The Kier molecular flexibility index (Phi) is 3.70. The minimum atomic E-state index is -1.03. The van der Waals surface area contributed by atoms with Crippen LogP contribution in [0.3, 0.4) is 0 Å². The molecule has 1 aliphatic heterocycles. The molecule has 1 heterocycles. The second kappa shape index (κ2) is 5.63. The fraction of sp³-hybridized carbons (Fsp3) is 0.176. The van der Waals surface area contributed by atoms with Gasteiger partial charge in [-0.15, -0.1) is 0 Å². The summed E-state index contributed by atoms with van der Waals surface area (Å²) >= 11 is 0. The Labute approximate surface area is 121 Å². The molecule has 0 aromatic heterocycles. The van der Waals surface area contributed by atoms with Crippen LogP contribution in [-0.4, -0.2) is 16.1 Å².